The van der Waals surface area contributed by atoms with E-state index < -0.39 is 11.8 Å². The molecule has 0 atom stereocenters. The Balaban J connectivity index is 1.49. The molecular formula is C17H18N4O3S. The van der Waals surface area contributed by atoms with Crippen molar-refractivity contribution < 1.29 is 14.4 Å². The highest BCUT2D eigenvalue weighted by molar-refractivity contribution is 7.13. The molecule has 1 aromatic heterocycles. The maximum atomic E-state index is 11.9. The van der Waals surface area contributed by atoms with Gasteiger partial charge < -0.3 is 15.5 Å². The molecule has 1 aromatic carbocycles. The van der Waals surface area contributed by atoms with Gasteiger partial charge in [-0.25, -0.2) is 4.98 Å². The van der Waals surface area contributed by atoms with E-state index in [4.69, 9.17) is 0 Å². The van der Waals surface area contributed by atoms with Crippen molar-refractivity contribution in [3.63, 3.8) is 0 Å². The van der Waals surface area contributed by atoms with Crippen LogP contribution >= 0.6 is 11.3 Å². The molecule has 2 heterocycles. The van der Waals surface area contributed by atoms with Gasteiger partial charge in [0.15, 0.2) is 0 Å². The maximum absolute atomic E-state index is 11.9. The highest BCUT2D eigenvalue weighted by atomic mass is 32.1. The number of benzene rings is 1. The predicted octanol–water partition coefficient (Wildman–Crippen LogP) is 1.49. The monoisotopic (exact) mass is 358 g/mol. The van der Waals surface area contributed by atoms with Crippen molar-refractivity contribution in [2.75, 3.05) is 25.0 Å². The molecule has 0 saturated carbocycles. The second-order valence-electron chi connectivity index (χ2n) is 5.64. The number of nitrogens with one attached hydrogen (secondary N) is 2. The number of hydrogen-bond acceptors (Lipinski definition) is 5. The van der Waals surface area contributed by atoms with Gasteiger partial charge in [-0.2, -0.15) is 0 Å². The van der Waals surface area contributed by atoms with Crippen molar-refractivity contribution >= 4 is 34.7 Å². The van der Waals surface area contributed by atoms with Crippen LogP contribution in [0.2, 0.25) is 0 Å². The van der Waals surface area contributed by atoms with E-state index in [0.29, 0.717) is 18.8 Å². The quantitative estimate of drug-likeness (QED) is 0.810. The summed E-state index contributed by atoms with van der Waals surface area (Å²) in [5, 5.41) is 7.65. The highest BCUT2D eigenvalue weighted by Gasteiger charge is 2.20. The van der Waals surface area contributed by atoms with E-state index in [-0.39, 0.29) is 12.5 Å². The van der Waals surface area contributed by atoms with E-state index in [1.54, 1.807) is 23.2 Å². The van der Waals surface area contributed by atoms with E-state index in [2.05, 4.69) is 15.6 Å². The molecule has 130 valence electrons. The minimum Gasteiger partial charge on any atom is -0.341 e. The van der Waals surface area contributed by atoms with E-state index in [9.17, 15) is 14.4 Å². The average Bonchev–Trinajstić information content (AvgIpc) is 3.33. The molecule has 8 heteroatoms. The Morgan fingerprint density at radius 3 is 2.44 bits per heavy atom. The number of anilines is 1. The van der Waals surface area contributed by atoms with Crippen LogP contribution in [0.3, 0.4) is 0 Å². The van der Waals surface area contributed by atoms with Gasteiger partial charge in [-0.15, -0.1) is 11.3 Å². The molecule has 1 aliphatic rings. The van der Waals surface area contributed by atoms with Crippen LogP contribution in [0.15, 0.2) is 35.8 Å². The van der Waals surface area contributed by atoms with Crippen molar-refractivity contribution in [2.24, 2.45) is 0 Å². The van der Waals surface area contributed by atoms with Gasteiger partial charge in [0.2, 0.25) is 5.91 Å². The first-order valence-corrected chi connectivity index (χ1v) is 8.88. The number of amides is 3. The lowest BCUT2D eigenvalue weighted by atomic mass is 10.2. The number of carbonyl (C=O) groups excluding carboxylic acids is 3. The van der Waals surface area contributed by atoms with E-state index in [1.807, 2.05) is 17.5 Å². The third kappa shape index (κ3) is 4.42. The van der Waals surface area contributed by atoms with Crippen LogP contribution < -0.4 is 10.6 Å². The molecule has 7 nitrogen and oxygen atoms in total. The third-order valence-electron chi connectivity index (χ3n) is 3.89. The highest BCUT2D eigenvalue weighted by Crippen LogP contribution is 2.23. The molecule has 2 N–H and O–H groups in total. The van der Waals surface area contributed by atoms with Gasteiger partial charge in [0, 0.05) is 35.9 Å². The van der Waals surface area contributed by atoms with Crippen molar-refractivity contribution in [3.8, 4) is 10.6 Å². The number of nitrogens with zero attached hydrogens (tertiary/aromatic N) is 2. The van der Waals surface area contributed by atoms with Crippen LogP contribution in [0.5, 0.6) is 0 Å². The minimum absolute atomic E-state index is 0.158. The van der Waals surface area contributed by atoms with Gasteiger partial charge in [0.25, 0.3) is 0 Å². The maximum Gasteiger partial charge on any atom is 0.313 e. The number of likely N-dealkylation sites (tertiary alicyclic amines) is 1. The fourth-order valence-electron chi connectivity index (χ4n) is 2.56. The third-order valence-corrected chi connectivity index (χ3v) is 4.71. The zero-order valence-electron chi connectivity index (χ0n) is 13.5. The Hall–Kier alpha value is -2.74. The fourth-order valence-corrected chi connectivity index (χ4v) is 3.21. The molecule has 0 aliphatic carbocycles. The number of thiazole rings is 1. The van der Waals surface area contributed by atoms with Crippen LogP contribution in [0, 0.1) is 0 Å². The lowest BCUT2D eigenvalue weighted by molar-refractivity contribution is -0.138. The molecule has 1 saturated heterocycles. The van der Waals surface area contributed by atoms with Crippen molar-refractivity contribution in [1.29, 1.82) is 0 Å². The molecule has 2 aromatic rings. The first-order chi connectivity index (χ1) is 12.1. The summed E-state index contributed by atoms with van der Waals surface area (Å²) >= 11 is 1.52. The Bertz CT molecular complexity index is 753. The SMILES string of the molecule is O=C(NCC(=O)N1CCCC1)C(=O)Nc1ccc(-c2nccs2)cc1. The zero-order chi connectivity index (χ0) is 17.6. The Morgan fingerprint density at radius 1 is 1.08 bits per heavy atom. The molecule has 3 amide bonds. The van der Waals surface area contributed by atoms with Crippen LogP contribution in [-0.2, 0) is 14.4 Å². The largest absolute Gasteiger partial charge is 0.341 e. The Morgan fingerprint density at radius 2 is 1.80 bits per heavy atom. The molecular weight excluding hydrogens is 340 g/mol. The van der Waals surface area contributed by atoms with Crippen molar-refractivity contribution in [2.45, 2.75) is 12.8 Å². The summed E-state index contributed by atoms with van der Waals surface area (Å²) in [5.41, 5.74) is 1.44. The Labute approximate surface area is 149 Å². The van der Waals surface area contributed by atoms with Gasteiger partial charge in [-0.05, 0) is 37.1 Å². The zero-order valence-corrected chi connectivity index (χ0v) is 14.3. The first-order valence-electron chi connectivity index (χ1n) is 8.00. The number of rotatable bonds is 4. The predicted molar refractivity (Wildman–Crippen MR) is 95.0 cm³/mol. The van der Waals surface area contributed by atoms with Crippen LogP contribution in [0.4, 0.5) is 5.69 Å². The summed E-state index contributed by atoms with van der Waals surface area (Å²) in [7, 11) is 0. The first kappa shape index (κ1) is 17.1. The van der Waals surface area contributed by atoms with Crippen molar-refractivity contribution in [1.82, 2.24) is 15.2 Å². The second-order valence-corrected chi connectivity index (χ2v) is 6.53. The molecule has 0 bridgehead atoms. The fraction of sp³-hybridized carbons (Fsp3) is 0.294. The lowest BCUT2D eigenvalue weighted by Gasteiger charge is -2.15. The van der Waals surface area contributed by atoms with Gasteiger partial charge in [-0.3, -0.25) is 14.4 Å². The van der Waals surface area contributed by atoms with Crippen molar-refractivity contribution in [3.05, 3.63) is 35.8 Å². The average molecular weight is 358 g/mol. The summed E-state index contributed by atoms with van der Waals surface area (Å²) in [5.74, 6) is -1.78. The number of carbonyl (C=O) groups is 3. The number of hydrogen-bond donors (Lipinski definition) is 2. The summed E-state index contributed by atoms with van der Waals surface area (Å²) in [6.07, 6.45) is 3.69. The van der Waals surface area contributed by atoms with E-state index in [0.717, 1.165) is 23.4 Å². The van der Waals surface area contributed by atoms with Gasteiger partial charge in [0.05, 0.1) is 6.54 Å². The second kappa shape index (κ2) is 7.89. The molecule has 0 unspecified atom stereocenters. The Kier molecular flexibility index (Phi) is 5.39. The summed E-state index contributed by atoms with van der Waals surface area (Å²) in [4.78, 5) is 41.5. The van der Waals surface area contributed by atoms with Gasteiger partial charge in [0.1, 0.15) is 5.01 Å². The van der Waals surface area contributed by atoms with Crippen LogP contribution in [0.1, 0.15) is 12.8 Å². The molecule has 1 aliphatic heterocycles. The van der Waals surface area contributed by atoms with E-state index >= 15 is 0 Å². The van der Waals surface area contributed by atoms with Gasteiger partial charge in [-0.1, -0.05) is 0 Å². The smallest absolute Gasteiger partial charge is 0.313 e. The minimum atomic E-state index is -0.823. The molecule has 1 fully saturated rings. The summed E-state index contributed by atoms with van der Waals surface area (Å²) in [6, 6.07) is 7.06. The summed E-state index contributed by atoms with van der Waals surface area (Å²) < 4.78 is 0. The van der Waals surface area contributed by atoms with Crippen LogP contribution in [0.25, 0.3) is 10.6 Å². The summed E-state index contributed by atoms with van der Waals surface area (Å²) in [6.45, 7) is 1.27. The molecule has 3 rings (SSSR count). The van der Waals surface area contributed by atoms with Gasteiger partial charge >= 0.3 is 11.8 Å². The molecule has 0 spiro atoms. The lowest BCUT2D eigenvalue weighted by Crippen LogP contribution is -2.42. The van der Waals surface area contributed by atoms with E-state index in [1.165, 1.54) is 11.3 Å². The number of aromatic nitrogens is 1. The van der Waals surface area contributed by atoms with Crippen LogP contribution in [-0.4, -0.2) is 47.2 Å². The normalized spacial score (nSPS) is 13.5. The standard InChI is InChI=1S/C17H18N4O3S/c22-14(21-8-1-2-9-21)11-19-15(23)16(24)20-13-5-3-12(4-6-13)17-18-7-10-25-17/h3-7,10H,1-2,8-9,11H2,(H,19,23)(H,20,24). The molecule has 0 radical (unpaired) electrons. The molecule has 25 heavy (non-hydrogen) atoms. The topological polar surface area (TPSA) is 91.4 Å².